The molecule has 0 spiro atoms. The van der Waals surface area contributed by atoms with Gasteiger partial charge in [-0.3, -0.25) is 0 Å². The number of rotatable bonds is 2. The van der Waals surface area contributed by atoms with Crippen LogP contribution in [0.5, 0.6) is 0 Å². The summed E-state index contributed by atoms with van der Waals surface area (Å²) in [5, 5.41) is 0. The van der Waals surface area contributed by atoms with Crippen LogP contribution in [0.1, 0.15) is 11.5 Å². The molecule has 0 bridgehead atoms. The van der Waals surface area contributed by atoms with E-state index < -0.39 is 0 Å². The summed E-state index contributed by atoms with van der Waals surface area (Å²) in [5.41, 5.74) is 2.75. The van der Waals surface area contributed by atoms with Crippen LogP contribution in [-0.4, -0.2) is 4.98 Å². The van der Waals surface area contributed by atoms with Gasteiger partial charge in [-0.2, -0.15) is 0 Å². The third-order valence-electron chi connectivity index (χ3n) is 2.47. The molecule has 81 valence electrons. The predicted molar refractivity (Wildman–Crippen MR) is 68.2 cm³/mol. The second-order valence-electron chi connectivity index (χ2n) is 3.69. The Kier molecular flexibility index (Phi) is 2.47. The fourth-order valence-electron chi connectivity index (χ4n) is 1.64. The van der Waals surface area contributed by atoms with E-state index >= 15 is 0 Å². The van der Waals surface area contributed by atoms with Crippen molar-refractivity contribution in [2.75, 3.05) is 0 Å². The van der Waals surface area contributed by atoms with Crippen molar-refractivity contribution in [2.24, 2.45) is 0 Å². The van der Waals surface area contributed by atoms with Gasteiger partial charge in [0.15, 0.2) is 5.58 Å². The van der Waals surface area contributed by atoms with Gasteiger partial charge in [0.1, 0.15) is 5.52 Å². The van der Waals surface area contributed by atoms with Gasteiger partial charge in [-0.05, 0) is 29.8 Å². The zero-order valence-electron chi connectivity index (χ0n) is 9.13. The van der Waals surface area contributed by atoms with E-state index in [9.17, 15) is 0 Å². The zero-order valence-corrected chi connectivity index (χ0v) is 9.13. The van der Waals surface area contributed by atoms with Gasteiger partial charge < -0.3 is 4.42 Å². The third-order valence-corrected chi connectivity index (χ3v) is 2.47. The van der Waals surface area contributed by atoms with Crippen LogP contribution in [0.4, 0.5) is 0 Å². The molecule has 0 saturated carbocycles. The predicted octanol–water partition coefficient (Wildman–Crippen LogP) is 3.80. The number of benzene rings is 2. The van der Waals surface area contributed by atoms with Gasteiger partial charge in [-0.15, -0.1) is 0 Å². The number of nitrogens with zero attached hydrogens (tertiary/aromatic N) is 1. The summed E-state index contributed by atoms with van der Waals surface area (Å²) in [6.07, 6.45) is 3.85. The molecular weight excluding hydrogens is 210 g/mol. The molecule has 2 nitrogen and oxygen atoms in total. The first kappa shape index (κ1) is 9.85. The summed E-state index contributed by atoms with van der Waals surface area (Å²) in [6, 6.07) is 18.5. The van der Waals surface area contributed by atoms with E-state index in [4.69, 9.17) is 4.42 Å². The highest BCUT2D eigenvalue weighted by atomic mass is 16.3. The van der Waals surface area contributed by atoms with Gasteiger partial charge in [-0.1, -0.05) is 36.4 Å². The van der Waals surface area contributed by atoms with E-state index in [1.54, 1.807) is 0 Å². The summed E-state index contributed by atoms with van der Waals surface area (Å²) in [4.78, 5) is 4.34. The van der Waals surface area contributed by atoms with E-state index in [1.165, 1.54) is 0 Å². The number of oxazole rings is 1. The Labute approximate surface area is 99.2 Å². The minimum absolute atomic E-state index is 0.614. The van der Waals surface area contributed by atoms with Gasteiger partial charge in [0, 0.05) is 6.08 Å². The Morgan fingerprint density at radius 2 is 1.94 bits per heavy atom. The molecule has 17 heavy (non-hydrogen) atoms. The molecule has 1 heterocycles. The van der Waals surface area contributed by atoms with Gasteiger partial charge in [-0.25, -0.2) is 4.98 Å². The van der Waals surface area contributed by atoms with Crippen molar-refractivity contribution < 1.29 is 4.42 Å². The lowest BCUT2D eigenvalue weighted by atomic mass is 10.2. The normalized spacial score (nSPS) is 11.3. The van der Waals surface area contributed by atoms with Crippen molar-refractivity contribution in [1.29, 1.82) is 0 Å². The number of hydrogen-bond donors (Lipinski definition) is 0. The highest BCUT2D eigenvalue weighted by Gasteiger charge is 2.00. The smallest absolute Gasteiger partial charge is 0.220 e. The largest absolute Gasteiger partial charge is 0.437 e. The molecule has 0 aliphatic rings. The highest BCUT2D eigenvalue weighted by molar-refractivity contribution is 5.75. The molecule has 0 N–H and O–H groups in total. The topological polar surface area (TPSA) is 26.0 Å². The molecule has 0 amide bonds. The van der Waals surface area contributed by atoms with Crippen LogP contribution in [0.15, 0.2) is 52.9 Å². The lowest BCUT2D eigenvalue weighted by Crippen LogP contribution is -1.71. The first-order valence-corrected chi connectivity index (χ1v) is 5.41. The van der Waals surface area contributed by atoms with Gasteiger partial charge in [0.25, 0.3) is 0 Å². The fraction of sp³-hybridized carbons (Fsp3) is 0. The van der Waals surface area contributed by atoms with Gasteiger partial charge in [0.05, 0.1) is 0 Å². The molecule has 2 heteroatoms. The number of hydrogen-bond acceptors (Lipinski definition) is 2. The van der Waals surface area contributed by atoms with Crippen molar-refractivity contribution in [1.82, 2.24) is 4.98 Å². The fourth-order valence-corrected chi connectivity index (χ4v) is 1.64. The average molecular weight is 220 g/mol. The Morgan fingerprint density at radius 3 is 2.76 bits per heavy atom. The Bertz CT molecular complexity index is 620. The molecule has 3 aromatic rings. The van der Waals surface area contributed by atoms with Crippen LogP contribution in [-0.2, 0) is 0 Å². The first-order chi connectivity index (χ1) is 8.42. The molecule has 1 radical (unpaired) electrons. The maximum absolute atomic E-state index is 5.57. The van der Waals surface area contributed by atoms with Crippen LogP contribution in [0.3, 0.4) is 0 Å². The summed E-state index contributed by atoms with van der Waals surface area (Å²) in [6.45, 7) is 0. The first-order valence-electron chi connectivity index (χ1n) is 5.41. The van der Waals surface area contributed by atoms with Gasteiger partial charge >= 0.3 is 0 Å². The number of fused-ring (bicyclic) bond motifs is 1. The molecule has 1 aromatic heterocycles. The average Bonchev–Trinajstić information content (AvgIpc) is 2.80. The van der Waals surface area contributed by atoms with Crippen LogP contribution in [0.25, 0.3) is 23.3 Å². The van der Waals surface area contributed by atoms with E-state index in [0.29, 0.717) is 5.89 Å². The van der Waals surface area contributed by atoms with Gasteiger partial charge in [0.2, 0.25) is 5.89 Å². The summed E-state index contributed by atoms with van der Waals surface area (Å²) in [5.74, 6) is 0.614. The Morgan fingerprint density at radius 1 is 1.06 bits per heavy atom. The molecule has 0 aliphatic heterocycles. The second-order valence-corrected chi connectivity index (χ2v) is 3.69. The maximum Gasteiger partial charge on any atom is 0.220 e. The Balaban J connectivity index is 1.92. The van der Waals surface area contributed by atoms with Crippen LogP contribution < -0.4 is 0 Å². The van der Waals surface area contributed by atoms with Crippen molar-refractivity contribution >= 4 is 23.3 Å². The van der Waals surface area contributed by atoms with Crippen molar-refractivity contribution in [3.8, 4) is 0 Å². The van der Waals surface area contributed by atoms with E-state index in [-0.39, 0.29) is 0 Å². The summed E-state index contributed by atoms with van der Waals surface area (Å²) in [7, 11) is 0. The van der Waals surface area contributed by atoms with Crippen LogP contribution in [0, 0.1) is 6.07 Å². The summed E-state index contributed by atoms with van der Waals surface area (Å²) >= 11 is 0. The minimum atomic E-state index is 0.614. The summed E-state index contributed by atoms with van der Waals surface area (Å²) < 4.78 is 5.57. The lowest BCUT2D eigenvalue weighted by Gasteiger charge is -1.88. The zero-order chi connectivity index (χ0) is 11.5. The van der Waals surface area contributed by atoms with E-state index in [2.05, 4.69) is 11.1 Å². The molecule has 3 rings (SSSR count). The van der Waals surface area contributed by atoms with E-state index in [1.807, 2.05) is 60.7 Å². The minimum Gasteiger partial charge on any atom is -0.437 e. The monoisotopic (exact) mass is 220 g/mol. The standard InChI is InChI=1S/C15H10NO/c1-2-6-12(7-3-1)10-11-15-16-13-8-4-5-9-14(13)17-15/h1-3,5-11H. The Hall–Kier alpha value is -2.35. The SMILES string of the molecule is [c]1ccc2oc(C=Cc3ccccc3)nc2c1. The van der Waals surface area contributed by atoms with Crippen LogP contribution >= 0.6 is 0 Å². The highest BCUT2D eigenvalue weighted by Crippen LogP contribution is 2.16. The number of aromatic nitrogens is 1. The molecule has 0 unspecified atom stereocenters. The molecular formula is C15H10NO. The molecule has 0 atom stereocenters. The van der Waals surface area contributed by atoms with Crippen molar-refractivity contribution in [3.05, 3.63) is 66.1 Å². The molecule has 0 saturated heterocycles. The maximum atomic E-state index is 5.57. The van der Waals surface area contributed by atoms with Crippen molar-refractivity contribution in [3.63, 3.8) is 0 Å². The third kappa shape index (κ3) is 2.11. The van der Waals surface area contributed by atoms with E-state index in [0.717, 1.165) is 16.7 Å². The lowest BCUT2D eigenvalue weighted by molar-refractivity contribution is 0.589. The molecule has 2 aromatic carbocycles. The van der Waals surface area contributed by atoms with Crippen molar-refractivity contribution in [2.45, 2.75) is 0 Å². The molecule has 0 fully saturated rings. The molecule has 0 aliphatic carbocycles. The second kappa shape index (κ2) is 4.26. The van der Waals surface area contributed by atoms with Crippen LogP contribution in [0.2, 0.25) is 0 Å². The quantitative estimate of drug-likeness (QED) is 0.656.